The summed E-state index contributed by atoms with van der Waals surface area (Å²) >= 11 is 1.46. The van der Waals surface area contributed by atoms with Gasteiger partial charge in [-0.05, 0) is 244 Å². The number of thioether (sulfide) groups is 1. The first-order valence-electron chi connectivity index (χ1n) is 45.9. The van der Waals surface area contributed by atoms with Gasteiger partial charge in [0.15, 0.2) is 23.0 Å². The van der Waals surface area contributed by atoms with Crippen LogP contribution in [0.1, 0.15) is 375 Å². The Bertz CT molecular complexity index is 4250. The fourth-order valence-electron chi connectivity index (χ4n) is 14.6. The number of unbranched alkanes of at least 4 members (excludes halogenated alkanes) is 12. The van der Waals surface area contributed by atoms with Gasteiger partial charge in [-0.1, -0.05) is 203 Å². The Hall–Kier alpha value is -8.91. The van der Waals surface area contributed by atoms with E-state index in [2.05, 4.69) is 134 Å². The Labute approximate surface area is 802 Å². The zero-order chi connectivity index (χ0) is 94.9. The van der Waals surface area contributed by atoms with Gasteiger partial charge in [0, 0.05) is 98.1 Å². The van der Waals surface area contributed by atoms with Crippen molar-refractivity contribution < 1.29 is 76.5 Å². The number of Topliss-reactive ketones (excluding diaryl/α,β-unsaturated/α-hetero) is 3. The molecule has 0 spiro atoms. The minimum absolute atomic E-state index is 0. The van der Waals surface area contributed by atoms with Crippen LogP contribution in [0.5, 0.6) is 23.0 Å². The number of aryl methyl sites for hydroxylation is 6. The van der Waals surface area contributed by atoms with E-state index in [9.17, 15) is 49.0 Å². The molecule has 6 aromatic carbocycles. The Morgan fingerprint density at radius 1 is 0.470 bits per heavy atom. The molecule has 7 rings (SSSR count). The van der Waals surface area contributed by atoms with Crippen molar-refractivity contribution in [2.24, 2.45) is 0 Å². The lowest BCUT2D eigenvalue weighted by atomic mass is 9.94. The summed E-state index contributed by atoms with van der Waals surface area (Å²) in [6.07, 6.45) is 25.8. The number of imide groups is 1. The molecule has 2 N–H and O–H groups in total. The first-order valence-corrected chi connectivity index (χ1v) is 47.1. The van der Waals surface area contributed by atoms with Crippen LogP contribution in [0.4, 0.5) is 11.4 Å². The molecule has 0 aliphatic carbocycles. The smallest absolute Gasteiger partial charge is 0.276 e. The van der Waals surface area contributed by atoms with Crippen molar-refractivity contribution in [3.05, 3.63) is 196 Å². The van der Waals surface area contributed by atoms with Crippen LogP contribution in [0, 0.1) is 47.9 Å². The summed E-state index contributed by atoms with van der Waals surface area (Å²) in [4.78, 5) is 94.3. The maximum atomic E-state index is 12.2. The van der Waals surface area contributed by atoms with Crippen molar-refractivity contribution in [2.75, 3.05) is 82.8 Å². The van der Waals surface area contributed by atoms with E-state index in [1.165, 1.54) is 112 Å². The summed E-state index contributed by atoms with van der Waals surface area (Å²) in [6, 6.07) is 33.4. The van der Waals surface area contributed by atoms with E-state index in [4.69, 9.17) is 37.9 Å². The molecule has 1 saturated heterocycles. The Balaban J connectivity index is -0.000000793. The summed E-state index contributed by atoms with van der Waals surface area (Å²) in [5.41, 5.74) is 14.8. The minimum Gasteiger partial charge on any atom is -0.493 e. The second kappa shape index (κ2) is 74.4. The monoisotopic (exact) mass is 1860 g/mol. The highest BCUT2D eigenvalue weighted by atomic mass is 32.2. The molecule has 1 aliphatic rings. The predicted octanol–water partition coefficient (Wildman–Crippen LogP) is 27.4. The number of nitrogens with zero attached hydrogens (tertiary/aromatic N) is 3. The highest BCUT2D eigenvalue weighted by Gasteiger charge is 2.37. The molecule has 1 heterocycles. The second-order valence-electron chi connectivity index (χ2n) is 33.2. The number of rotatable bonds is 53. The van der Waals surface area contributed by atoms with Crippen LogP contribution in [0.2, 0.25) is 0 Å². The molecule has 6 aromatic rings. The van der Waals surface area contributed by atoms with Crippen molar-refractivity contribution in [1.82, 2.24) is 15.5 Å². The number of nitrogens with one attached hydrogen (secondary N) is 2. The van der Waals surface area contributed by atoms with Gasteiger partial charge >= 0.3 is 0 Å². The lowest BCUT2D eigenvalue weighted by Gasteiger charge is -2.16. The molecule has 6 atom stereocenters. The topological polar surface area (TPSA) is 290 Å². The van der Waals surface area contributed by atoms with E-state index in [0.717, 1.165) is 146 Å². The van der Waals surface area contributed by atoms with Gasteiger partial charge in [0.1, 0.15) is 17.3 Å². The normalized spacial score (nSPS) is 12.8. The largest absolute Gasteiger partial charge is 0.493 e. The van der Waals surface area contributed by atoms with Gasteiger partial charge in [-0.2, -0.15) is 11.8 Å². The first-order chi connectivity index (χ1) is 60.7. The molecular formula is C108H177N5O18S. The molecule has 3 amide bonds. The SMILES string of the molecule is C.C.C.C.C.CCC(C)c1cc(OC)c(OC)cc1C.CCCc1ccc(C)c(C(C)OC)c1.CNCCCCCC(=O)CCc1ccc(C)c(C(C)OC)c1.COC(C)c1cc(CNC(=O)CCCCCCC(=O)CCCCCCCCCCN2C(=O)CC(SC)C2=O)ccc1[N+](=O)[O-].COC(C)c1ccccc1C.COc1cc(C(C)C)c([N+](=O)[O-])cc1OCCCC(C)=O. The van der Waals surface area contributed by atoms with Gasteiger partial charge in [-0.15, -0.1) is 0 Å². The molecule has 748 valence electrons. The van der Waals surface area contributed by atoms with Crippen LogP contribution in [-0.2, 0) is 67.1 Å². The quantitative estimate of drug-likeness (QED) is 0.0155. The number of likely N-dealkylation sites (tertiary alicyclic amines) is 1. The van der Waals surface area contributed by atoms with Crippen LogP contribution in [0.3, 0.4) is 0 Å². The van der Waals surface area contributed by atoms with Gasteiger partial charge in [0.05, 0.1) is 79.1 Å². The molecule has 1 fully saturated rings. The third-order valence-corrected chi connectivity index (χ3v) is 24.0. The number of carbonyl (C=O) groups is 6. The van der Waals surface area contributed by atoms with E-state index in [1.807, 2.05) is 45.4 Å². The summed E-state index contributed by atoms with van der Waals surface area (Å²) in [5, 5.41) is 28.2. The van der Waals surface area contributed by atoms with Crippen molar-refractivity contribution in [2.45, 2.75) is 355 Å². The summed E-state index contributed by atoms with van der Waals surface area (Å²) in [5.74, 6) is 3.67. The molecule has 23 nitrogen and oxygen atoms in total. The Morgan fingerprint density at radius 2 is 0.909 bits per heavy atom. The molecule has 0 aromatic heterocycles. The zero-order valence-electron chi connectivity index (χ0n) is 81.4. The fraction of sp³-hybridized carbons (Fsp3) is 0.611. The number of ketones is 3. The van der Waals surface area contributed by atoms with E-state index < -0.39 is 16.0 Å². The molecule has 0 bridgehead atoms. The number of nitro groups is 2. The number of nitro benzene ring substituents is 2. The van der Waals surface area contributed by atoms with E-state index >= 15 is 0 Å². The van der Waals surface area contributed by atoms with Gasteiger partial charge in [-0.25, -0.2) is 0 Å². The minimum atomic E-state index is -0.429. The number of carbonyl (C=O) groups excluding carboxylic acids is 6. The number of benzene rings is 6. The van der Waals surface area contributed by atoms with Crippen LogP contribution in [-0.4, -0.2) is 138 Å². The number of amides is 3. The van der Waals surface area contributed by atoms with Gasteiger partial charge in [0.25, 0.3) is 11.4 Å². The van der Waals surface area contributed by atoms with Gasteiger partial charge in [0.2, 0.25) is 17.7 Å². The fourth-order valence-corrected chi connectivity index (χ4v) is 15.3. The van der Waals surface area contributed by atoms with E-state index in [-0.39, 0.29) is 101 Å². The first kappa shape index (κ1) is 129. The highest BCUT2D eigenvalue weighted by Crippen LogP contribution is 2.39. The summed E-state index contributed by atoms with van der Waals surface area (Å²) < 4.78 is 42.5. The molecule has 24 heteroatoms. The molecule has 6 unspecified atom stereocenters. The van der Waals surface area contributed by atoms with Crippen molar-refractivity contribution in [3.8, 4) is 23.0 Å². The number of hydrogen-bond acceptors (Lipinski definition) is 20. The third-order valence-electron chi connectivity index (χ3n) is 23.1. The van der Waals surface area contributed by atoms with Crippen molar-refractivity contribution in [1.29, 1.82) is 0 Å². The maximum Gasteiger partial charge on any atom is 0.276 e. The molecule has 0 radical (unpaired) electrons. The number of hydrogen-bond donors (Lipinski definition) is 2. The third kappa shape index (κ3) is 49.4. The highest BCUT2D eigenvalue weighted by molar-refractivity contribution is 8.00. The molecule has 1 aliphatic heterocycles. The van der Waals surface area contributed by atoms with E-state index in [1.54, 1.807) is 60.7 Å². The molecular weight excluding hydrogens is 1690 g/mol. The second-order valence-corrected chi connectivity index (χ2v) is 34.3. The average molecular weight is 1870 g/mol. The zero-order valence-corrected chi connectivity index (χ0v) is 82.2. The van der Waals surface area contributed by atoms with Crippen LogP contribution < -0.4 is 29.6 Å². The summed E-state index contributed by atoms with van der Waals surface area (Å²) in [7, 11) is 13.5. The van der Waals surface area contributed by atoms with E-state index in [0.29, 0.717) is 105 Å². The van der Waals surface area contributed by atoms with Crippen molar-refractivity contribution >= 4 is 58.2 Å². The Kier molecular flexibility index (Phi) is 72.9. The standard InChI is InChI=1S/C33H51N3O7S.C19H31NO2.C15H21NO5.C13H20O2.C13H20O.C10H14O.5CH4/c1-25(43-2)28-22-26(19-20-29(28)36(41)42)24-34-31(38)18-14-10-9-13-17-27(37)16-12-8-6-4-5-7-11-15-21-35-32(39)23-30(44-3)33(35)40;1-15-9-10-17(14-19(15)16(2)22-4)11-12-18(21)8-6-5-7-13-20-3;1-10(2)12-8-14(20-4)15(9-13(12)16(18)19)21-7-5-6-11(3)17;1-6-9(2)11-8-13(15-5)12(14-4)7-10(11)3;1-5-6-12-8-7-10(2)13(9-12)11(3)14-4;1-8-6-4-5-7-10(8)9(2)11-3;;;;;/h19-20,22,25,30H,4-18,21,23-24H2,1-3H3,(H,34,38);9-10,14,16,20H,5-8,11-13H2,1-4H3;8-10H,5-7H2,1-4H3;7-9H,6H2,1-5H3;7-9,11H,5-6H2,1-4H3;4-7,9H,1-3H3;5*1H4. The lowest BCUT2D eigenvalue weighted by Crippen LogP contribution is -2.32. The lowest BCUT2D eigenvalue weighted by molar-refractivity contribution is -0.386. The van der Waals surface area contributed by atoms with Crippen LogP contribution in [0.15, 0.2) is 103 Å². The maximum absolute atomic E-state index is 12.2. The molecule has 0 saturated carbocycles. The number of methoxy groups -OCH3 is 7. The predicted molar refractivity (Wildman–Crippen MR) is 549 cm³/mol. The van der Waals surface area contributed by atoms with Crippen molar-refractivity contribution in [3.63, 3.8) is 0 Å². The number of ether oxygens (including phenoxy) is 8. The molecule has 132 heavy (non-hydrogen) atoms. The van der Waals surface area contributed by atoms with Gasteiger partial charge < -0.3 is 53.3 Å². The van der Waals surface area contributed by atoms with Crippen LogP contribution >= 0.6 is 11.8 Å². The van der Waals surface area contributed by atoms with Crippen LogP contribution in [0.25, 0.3) is 0 Å². The average Bonchev–Trinajstić information content (AvgIpc) is 1.23. The summed E-state index contributed by atoms with van der Waals surface area (Å²) in [6.45, 7) is 30.5. The Morgan fingerprint density at radius 3 is 1.38 bits per heavy atom. The van der Waals surface area contributed by atoms with Gasteiger partial charge in [-0.3, -0.25) is 49.1 Å².